The number of hydrogen-bond donors (Lipinski definition) is 2. The molecular formula is C15H15BrN2OS. The zero-order chi connectivity index (χ0) is 14.5. The Morgan fingerprint density at radius 1 is 1.25 bits per heavy atom. The quantitative estimate of drug-likeness (QED) is 0.792. The van der Waals surface area contributed by atoms with Crippen LogP contribution in [0.5, 0.6) is 5.75 Å². The summed E-state index contributed by atoms with van der Waals surface area (Å²) in [5.74, 6) is 0.798. The molecule has 2 rings (SSSR count). The third kappa shape index (κ3) is 3.49. The van der Waals surface area contributed by atoms with E-state index in [4.69, 9.17) is 22.7 Å². The number of ether oxygens (including phenoxy) is 1. The molecule has 5 heteroatoms. The maximum Gasteiger partial charge on any atom is 0.142 e. The van der Waals surface area contributed by atoms with Crippen LogP contribution in [-0.4, -0.2) is 11.6 Å². The van der Waals surface area contributed by atoms with E-state index in [1.165, 1.54) is 0 Å². The van der Waals surface area contributed by atoms with Crippen molar-refractivity contribution in [2.24, 2.45) is 5.73 Å². The highest BCUT2D eigenvalue weighted by Crippen LogP contribution is 2.30. The van der Waals surface area contributed by atoms with Crippen molar-refractivity contribution in [3.63, 3.8) is 0 Å². The van der Waals surface area contributed by atoms with Gasteiger partial charge >= 0.3 is 0 Å². The van der Waals surface area contributed by atoms with Gasteiger partial charge in [0.2, 0.25) is 0 Å². The second-order valence-corrected chi connectivity index (χ2v) is 5.46. The molecule has 0 unspecified atom stereocenters. The number of rotatable bonds is 5. The molecule has 0 aromatic heterocycles. The molecule has 0 aliphatic rings. The van der Waals surface area contributed by atoms with Gasteiger partial charge in [0.1, 0.15) is 10.7 Å². The summed E-state index contributed by atoms with van der Waals surface area (Å²) in [6, 6.07) is 13.5. The second-order valence-electron chi connectivity index (χ2n) is 4.11. The van der Waals surface area contributed by atoms with E-state index in [0.29, 0.717) is 11.6 Å². The molecule has 0 spiro atoms. The van der Waals surface area contributed by atoms with Gasteiger partial charge in [-0.2, -0.15) is 0 Å². The van der Waals surface area contributed by atoms with Crippen LogP contribution in [0.4, 0.5) is 11.4 Å². The fraction of sp³-hybridized carbons (Fsp3) is 0.133. The predicted octanol–water partition coefficient (Wildman–Crippen LogP) is 4.23. The van der Waals surface area contributed by atoms with Crippen molar-refractivity contribution in [1.29, 1.82) is 0 Å². The van der Waals surface area contributed by atoms with Crippen LogP contribution in [-0.2, 0) is 0 Å². The Morgan fingerprint density at radius 2 is 2.00 bits per heavy atom. The van der Waals surface area contributed by atoms with Crippen molar-refractivity contribution in [3.05, 3.63) is 52.5 Å². The third-order valence-corrected chi connectivity index (χ3v) is 3.42. The monoisotopic (exact) mass is 350 g/mol. The second kappa shape index (κ2) is 6.72. The van der Waals surface area contributed by atoms with Gasteiger partial charge in [-0.05, 0) is 37.3 Å². The summed E-state index contributed by atoms with van der Waals surface area (Å²) in [5.41, 5.74) is 8.30. The SMILES string of the molecule is CCOc1ccccc1Nc1ccc(Br)cc1C(N)=S. The van der Waals surface area contributed by atoms with Gasteiger partial charge in [-0.15, -0.1) is 0 Å². The van der Waals surface area contributed by atoms with E-state index in [2.05, 4.69) is 21.2 Å². The van der Waals surface area contributed by atoms with Crippen LogP contribution in [0.1, 0.15) is 12.5 Å². The number of halogens is 1. The zero-order valence-corrected chi connectivity index (χ0v) is 13.4. The number of benzene rings is 2. The first kappa shape index (κ1) is 14.8. The van der Waals surface area contributed by atoms with E-state index in [1.807, 2.05) is 49.4 Å². The molecule has 3 N–H and O–H groups in total. The van der Waals surface area contributed by atoms with Crippen LogP contribution in [0, 0.1) is 0 Å². The Balaban J connectivity index is 2.37. The highest BCUT2D eigenvalue weighted by Gasteiger charge is 2.09. The summed E-state index contributed by atoms with van der Waals surface area (Å²) >= 11 is 8.52. The molecule has 0 heterocycles. The molecule has 20 heavy (non-hydrogen) atoms. The van der Waals surface area contributed by atoms with Gasteiger partial charge in [0, 0.05) is 15.7 Å². The molecule has 0 aliphatic carbocycles. The lowest BCUT2D eigenvalue weighted by molar-refractivity contribution is 0.342. The average Bonchev–Trinajstić information content (AvgIpc) is 2.43. The van der Waals surface area contributed by atoms with Gasteiger partial charge in [0.15, 0.2) is 0 Å². The molecule has 0 bridgehead atoms. The van der Waals surface area contributed by atoms with E-state index in [1.54, 1.807) is 0 Å². The maximum absolute atomic E-state index is 5.77. The van der Waals surface area contributed by atoms with Crippen molar-refractivity contribution in [3.8, 4) is 5.75 Å². The Labute approximate surface area is 132 Å². The predicted molar refractivity (Wildman–Crippen MR) is 90.9 cm³/mol. The van der Waals surface area contributed by atoms with Crippen molar-refractivity contribution >= 4 is 44.5 Å². The van der Waals surface area contributed by atoms with Crippen molar-refractivity contribution in [2.45, 2.75) is 6.92 Å². The molecule has 0 fully saturated rings. The molecule has 2 aromatic carbocycles. The summed E-state index contributed by atoms with van der Waals surface area (Å²) in [7, 11) is 0. The minimum atomic E-state index is 0.350. The Morgan fingerprint density at radius 3 is 2.70 bits per heavy atom. The Kier molecular flexibility index (Phi) is 4.98. The minimum Gasteiger partial charge on any atom is -0.492 e. The normalized spacial score (nSPS) is 10.1. The summed E-state index contributed by atoms with van der Waals surface area (Å²) in [4.78, 5) is 0.350. The molecule has 0 saturated carbocycles. The van der Waals surface area contributed by atoms with E-state index < -0.39 is 0 Å². The van der Waals surface area contributed by atoms with Crippen molar-refractivity contribution < 1.29 is 4.74 Å². The molecule has 0 aliphatic heterocycles. The first-order valence-corrected chi connectivity index (χ1v) is 7.40. The van der Waals surface area contributed by atoms with E-state index in [9.17, 15) is 0 Å². The fourth-order valence-electron chi connectivity index (χ4n) is 1.83. The molecule has 0 atom stereocenters. The summed E-state index contributed by atoms with van der Waals surface area (Å²) in [6.45, 7) is 2.57. The molecule has 0 amide bonds. The molecule has 3 nitrogen and oxygen atoms in total. The molecule has 104 valence electrons. The summed E-state index contributed by atoms with van der Waals surface area (Å²) in [5, 5.41) is 3.32. The topological polar surface area (TPSA) is 47.3 Å². The number of para-hydroxylation sites is 2. The van der Waals surface area contributed by atoms with Crippen LogP contribution in [0.2, 0.25) is 0 Å². The highest BCUT2D eigenvalue weighted by atomic mass is 79.9. The van der Waals surface area contributed by atoms with E-state index >= 15 is 0 Å². The average molecular weight is 351 g/mol. The van der Waals surface area contributed by atoms with Crippen LogP contribution >= 0.6 is 28.1 Å². The zero-order valence-electron chi connectivity index (χ0n) is 11.0. The van der Waals surface area contributed by atoms with Gasteiger partial charge in [0.05, 0.1) is 12.3 Å². The van der Waals surface area contributed by atoms with Crippen LogP contribution < -0.4 is 15.8 Å². The number of nitrogens with two attached hydrogens (primary N) is 1. The molecule has 2 aromatic rings. The van der Waals surface area contributed by atoms with Gasteiger partial charge in [0.25, 0.3) is 0 Å². The number of thiocarbonyl (C=S) groups is 1. The first-order chi connectivity index (χ1) is 9.61. The number of hydrogen-bond acceptors (Lipinski definition) is 3. The van der Waals surface area contributed by atoms with E-state index in [0.717, 1.165) is 27.2 Å². The van der Waals surface area contributed by atoms with Crippen molar-refractivity contribution in [1.82, 2.24) is 0 Å². The molecule has 0 saturated heterocycles. The van der Waals surface area contributed by atoms with Gasteiger partial charge in [-0.25, -0.2) is 0 Å². The Hall–Kier alpha value is -1.59. The first-order valence-electron chi connectivity index (χ1n) is 6.20. The van der Waals surface area contributed by atoms with Crippen LogP contribution in [0.15, 0.2) is 46.9 Å². The minimum absolute atomic E-state index is 0.350. The van der Waals surface area contributed by atoms with Gasteiger partial charge < -0.3 is 15.8 Å². The van der Waals surface area contributed by atoms with Gasteiger partial charge in [-0.3, -0.25) is 0 Å². The lowest BCUT2D eigenvalue weighted by Crippen LogP contribution is -2.12. The number of nitrogens with one attached hydrogen (secondary N) is 1. The summed E-state index contributed by atoms with van der Waals surface area (Å²) in [6.07, 6.45) is 0. The Bertz CT molecular complexity index is 631. The highest BCUT2D eigenvalue weighted by molar-refractivity contribution is 9.10. The lowest BCUT2D eigenvalue weighted by atomic mass is 10.1. The maximum atomic E-state index is 5.77. The van der Waals surface area contributed by atoms with Crippen LogP contribution in [0.3, 0.4) is 0 Å². The summed E-state index contributed by atoms with van der Waals surface area (Å²) < 4.78 is 6.53. The van der Waals surface area contributed by atoms with Crippen LogP contribution in [0.25, 0.3) is 0 Å². The third-order valence-electron chi connectivity index (χ3n) is 2.70. The molecule has 0 radical (unpaired) electrons. The standard InChI is InChI=1S/C15H15BrN2OS/c1-2-19-14-6-4-3-5-13(14)18-12-8-7-10(16)9-11(12)15(17)20/h3-9,18H,2H2,1H3,(H2,17,20). The molecular weight excluding hydrogens is 336 g/mol. The largest absolute Gasteiger partial charge is 0.492 e. The van der Waals surface area contributed by atoms with E-state index in [-0.39, 0.29) is 0 Å². The fourth-order valence-corrected chi connectivity index (χ4v) is 2.36. The number of anilines is 2. The van der Waals surface area contributed by atoms with Gasteiger partial charge in [-0.1, -0.05) is 40.3 Å². The van der Waals surface area contributed by atoms with Crippen molar-refractivity contribution in [2.75, 3.05) is 11.9 Å². The lowest BCUT2D eigenvalue weighted by Gasteiger charge is -2.15. The smallest absolute Gasteiger partial charge is 0.142 e.